The topological polar surface area (TPSA) is 131 Å². The Labute approximate surface area is 230 Å². The van der Waals surface area contributed by atoms with Crippen molar-refractivity contribution in [3.63, 3.8) is 0 Å². The zero-order chi connectivity index (χ0) is 27.7. The van der Waals surface area contributed by atoms with Crippen LogP contribution in [-0.4, -0.2) is 90.1 Å². The van der Waals surface area contributed by atoms with E-state index in [1.54, 1.807) is 17.0 Å². The average Bonchev–Trinajstić information content (AvgIpc) is 3.30. The Bertz CT molecular complexity index is 973. The summed E-state index contributed by atoms with van der Waals surface area (Å²) in [7, 11) is 4.00. The van der Waals surface area contributed by atoms with Crippen LogP contribution in [0.25, 0.3) is 0 Å². The molecule has 210 valence electrons. The largest absolute Gasteiger partial charge is 0.508 e. The molecule has 2 heterocycles. The minimum absolute atomic E-state index is 0.0938. The molecule has 0 aromatic heterocycles. The lowest BCUT2D eigenvalue weighted by molar-refractivity contribution is -0.149. The molecule has 0 aliphatic carbocycles. The number of rotatable bonds is 14. The molecule has 1 aromatic carbocycles. The monoisotopic (exact) mass is 547 g/mol. The van der Waals surface area contributed by atoms with Crippen LogP contribution < -0.4 is 16.0 Å². The van der Waals surface area contributed by atoms with E-state index in [9.17, 15) is 24.3 Å². The molecule has 2 saturated heterocycles. The first kappa shape index (κ1) is 29.8. The predicted octanol–water partition coefficient (Wildman–Crippen LogP) is 1.21. The Hall–Kier alpha value is -2.79. The van der Waals surface area contributed by atoms with Crippen molar-refractivity contribution in [2.45, 2.75) is 63.1 Å². The van der Waals surface area contributed by atoms with Crippen LogP contribution in [0.2, 0.25) is 0 Å². The number of phenolic OH excluding ortho intramolecular Hbond substituents is 1. The summed E-state index contributed by atoms with van der Waals surface area (Å²) in [6.07, 6.45) is 4.91. The van der Waals surface area contributed by atoms with Gasteiger partial charge in [0.25, 0.3) is 0 Å². The van der Waals surface area contributed by atoms with Crippen LogP contribution in [0, 0.1) is 5.92 Å². The van der Waals surface area contributed by atoms with Crippen LogP contribution in [0.4, 0.5) is 0 Å². The molecule has 0 radical (unpaired) electrons. The molecule has 2 aliphatic rings. The van der Waals surface area contributed by atoms with Crippen LogP contribution in [-0.2, 0) is 19.2 Å². The standard InChI is InChI=1S/C27H41N5O5S/c1-31(2)15-7-4-8-21-27(37)32-22(26(36)30-21)16-20(24(32)18-9-11-19(33)12-10-18)25(35)29-14-6-3-5-13-28-23(34)17-38/h9-12,20-22,24,33,38H,3-8,13-17H2,1-2H3,(H,28,34)(H,29,35)(H,30,36)/t20-,21+,22-,24-/m1/s1. The smallest absolute Gasteiger partial charge is 0.246 e. The van der Waals surface area contributed by atoms with E-state index in [2.05, 4.69) is 33.5 Å². The number of hydrogen-bond donors (Lipinski definition) is 5. The van der Waals surface area contributed by atoms with E-state index < -0.39 is 24.0 Å². The summed E-state index contributed by atoms with van der Waals surface area (Å²) < 4.78 is 0. The number of aromatic hydroxyl groups is 1. The van der Waals surface area contributed by atoms with Gasteiger partial charge in [0.1, 0.15) is 17.8 Å². The van der Waals surface area contributed by atoms with Crippen molar-refractivity contribution in [1.29, 1.82) is 0 Å². The molecule has 4 atom stereocenters. The second kappa shape index (κ2) is 14.4. The van der Waals surface area contributed by atoms with Gasteiger partial charge in [-0.1, -0.05) is 12.1 Å². The van der Waals surface area contributed by atoms with Gasteiger partial charge in [-0.25, -0.2) is 0 Å². The lowest BCUT2D eigenvalue weighted by Crippen LogP contribution is -2.61. The number of nitrogens with one attached hydrogen (secondary N) is 3. The van der Waals surface area contributed by atoms with Crippen molar-refractivity contribution in [3.8, 4) is 5.75 Å². The lowest BCUT2D eigenvalue weighted by Gasteiger charge is -2.38. The molecule has 4 N–H and O–H groups in total. The lowest BCUT2D eigenvalue weighted by atomic mass is 9.92. The molecule has 11 heteroatoms. The number of thiol groups is 1. The van der Waals surface area contributed by atoms with Gasteiger partial charge in [0.05, 0.1) is 17.7 Å². The minimum Gasteiger partial charge on any atom is -0.508 e. The summed E-state index contributed by atoms with van der Waals surface area (Å²) in [6.45, 7) is 1.95. The fraction of sp³-hybridized carbons (Fsp3) is 0.630. The van der Waals surface area contributed by atoms with Crippen molar-refractivity contribution in [3.05, 3.63) is 29.8 Å². The maximum Gasteiger partial charge on any atom is 0.246 e. The molecule has 0 bridgehead atoms. The van der Waals surface area contributed by atoms with E-state index in [1.165, 1.54) is 12.1 Å². The van der Waals surface area contributed by atoms with Gasteiger partial charge < -0.3 is 30.9 Å². The van der Waals surface area contributed by atoms with E-state index in [4.69, 9.17) is 0 Å². The van der Waals surface area contributed by atoms with Gasteiger partial charge in [-0.3, -0.25) is 19.2 Å². The van der Waals surface area contributed by atoms with Crippen molar-refractivity contribution in [2.24, 2.45) is 5.92 Å². The number of fused-ring (bicyclic) bond motifs is 1. The van der Waals surface area contributed by atoms with Crippen LogP contribution in [0.15, 0.2) is 24.3 Å². The van der Waals surface area contributed by atoms with Crippen molar-refractivity contribution >= 4 is 36.3 Å². The number of unbranched alkanes of at least 4 members (excludes halogenated alkanes) is 3. The van der Waals surface area contributed by atoms with Gasteiger partial charge in [0.15, 0.2) is 0 Å². The Morgan fingerprint density at radius 1 is 1.05 bits per heavy atom. The molecule has 0 spiro atoms. The van der Waals surface area contributed by atoms with Gasteiger partial charge in [0.2, 0.25) is 23.6 Å². The maximum atomic E-state index is 13.6. The van der Waals surface area contributed by atoms with Crippen molar-refractivity contribution < 1.29 is 24.3 Å². The minimum atomic E-state index is -0.703. The van der Waals surface area contributed by atoms with Crippen molar-refractivity contribution in [1.82, 2.24) is 25.8 Å². The Balaban J connectivity index is 1.66. The summed E-state index contributed by atoms with van der Waals surface area (Å²) in [5, 5.41) is 18.5. The number of hydrogen-bond acceptors (Lipinski definition) is 7. The Morgan fingerprint density at radius 3 is 2.39 bits per heavy atom. The maximum absolute atomic E-state index is 13.6. The van der Waals surface area contributed by atoms with Gasteiger partial charge in [0, 0.05) is 13.1 Å². The Kier molecular flexibility index (Phi) is 11.3. The molecule has 1 aromatic rings. The molecule has 38 heavy (non-hydrogen) atoms. The van der Waals surface area contributed by atoms with E-state index in [1.807, 2.05) is 14.1 Å². The van der Waals surface area contributed by atoms with E-state index in [-0.39, 0.29) is 41.6 Å². The van der Waals surface area contributed by atoms with Crippen LogP contribution in [0.1, 0.15) is 56.6 Å². The summed E-state index contributed by atoms with van der Waals surface area (Å²) in [4.78, 5) is 55.0. The highest BCUT2D eigenvalue weighted by Gasteiger charge is 2.54. The molecule has 2 fully saturated rings. The van der Waals surface area contributed by atoms with Gasteiger partial charge >= 0.3 is 0 Å². The van der Waals surface area contributed by atoms with Crippen LogP contribution >= 0.6 is 12.6 Å². The first-order valence-corrected chi connectivity index (χ1v) is 14.1. The number of piperazine rings is 1. The second-order valence-electron chi connectivity index (χ2n) is 10.4. The number of phenols is 1. The molecular formula is C27H41N5O5S. The van der Waals surface area contributed by atoms with Gasteiger partial charge in [-0.15, -0.1) is 0 Å². The molecule has 0 saturated carbocycles. The quantitative estimate of drug-likeness (QED) is 0.176. The van der Waals surface area contributed by atoms with Crippen LogP contribution in [0.3, 0.4) is 0 Å². The van der Waals surface area contributed by atoms with E-state index in [0.29, 0.717) is 19.5 Å². The molecule has 3 rings (SSSR count). The van der Waals surface area contributed by atoms with Crippen molar-refractivity contribution in [2.75, 3.05) is 39.5 Å². The zero-order valence-electron chi connectivity index (χ0n) is 22.3. The fourth-order valence-corrected chi connectivity index (χ4v) is 5.36. The third-order valence-electron chi connectivity index (χ3n) is 7.20. The highest BCUT2D eigenvalue weighted by Crippen LogP contribution is 2.43. The second-order valence-corrected chi connectivity index (χ2v) is 10.7. The summed E-state index contributed by atoms with van der Waals surface area (Å²) >= 11 is 3.93. The zero-order valence-corrected chi connectivity index (χ0v) is 23.2. The molecule has 0 unspecified atom stereocenters. The van der Waals surface area contributed by atoms with E-state index >= 15 is 0 Å². The number of nitrogens with zero attached hydrogens (tertiary/aromatic N) is 2. The normalized spacial score (nSPS) is 22.8. The van der Waals surface area contributed by atoms with Gasteiger partial charge in [-0.05, 0) is 83.3 Å². The fourth-order valence-electron chi connectivity index (χ4n) is 5.24. The highest BCUT2D eigenvalue weighted by atomic mass is 32.1. The Morgan fingerprint density at radius 2 is 1.74 bits per heavy atom. The first-order chi connectivity index (χ1) is 18.2. The van der Waals surface area contributed by atoms with Crippen LogP contribution in [0.5, 0.6) is 5.75 Å². The number of carbonyl (C=O) groups excluding carboxylic acids is 4. The third kappa shape index (κ3) is 7.86. The predicted molar refractivity (Wildman–Crippen MR) is 148 cm³/mol. The molecule has 4 amide bonds. The SMILES string of the molecule is CN(C)CCCC[C@@H]1NC(=O)[C@H]2C[C@@H](C(=O)NCCCCCNC(=O)CS)[C@@H](c3ccc(O)cc3)N2C1=O. The first-order valence-electron chi connectivity index (χ1n) is 13.4. The number of carbonyl (C=O) groups is 4. The average molecular weight is 548 g/mol. The summed E-state index contributed by atoms with van der Waals surface area (Å²) in [5.74, 6) is -0.994. The number of benzene rings is 1. The molecule has 10 nitrogen and oxygen atoms in total. The van der Waals surface area contributed by atoms with E-state index in [0.717, 1.165) is 44.2 Å². The highest BCUT2D eigenvalue weighted by molar-refractivity contribution is 7.81. The molecular weight excluding hydrogens is 506 g/mol. The number of amides is 4. The third-order valence-corrected chi connectivity index (χ3v) is 7.49. The summed E-state index contributed by atoms with van der Waals surface area (Å²) in [6, 6.07) is 4.62. The van der Waals surface area contributed by atoms with Gasteiger partial charge in [-0.2, -0.15) is 12.6 Å². The molecule has 2 aliphatic heterocycles. The summed E-state index contributed by atoms with van der Waals surface area (Å²) in [5.41, 5.74) is 0.722.